The van der Waals surface area contributed by atoms with Crippen LogP contribution < -0.4 is 5.32 Å². The second-order valence-corrected chi connectivity index (χ2v) is 7.07. The number of aryl methyl sites for hydroxylation is 4. The lowest BCUT2D eigenvalue weighted by Crippen LogP contribution is -2.05. The van der Waals surface area contributed by atoms with Crippen molar-refractivity contribution in [3.63, 3.8) is 0 Å². The van der Waals surface area contributed by atoms with Gasteiger partial charge in [0.2, 0.25) is 0 Å². The number of nitrogens with one attached hydrogen (secondary N) is 1. The fraction of sp³-hybridized carbons (Fsp3) is 0.227. The minimum atomic E-state index is 0.731. The second-order valence-electron chi connectivity index (χ2n) is 7.07. The summed E-state index contributed by atoms with van der Waals surface area (Å²) in [6, 6.07) is 16.7. The Balaban J connectivity index is 1.79. The van der Waals surface area contributed by atoms with Gasteiger partial charge in [0, 0.05) is 12.2 Å². The van der Waals surface area contributed by atoms with Crippen LogP contribution in [0.25, 0.3) is 16.9 Å². The molecular formula is C22H23N5. The number of hydrogen-bond acceptors (Lipinski definition) is 4. The van der Waals surface area contributed by atoms with E-state index < -0.39 is 0 Å². The highest BCUT2D eigenvalue weighted by molar-refractivity contribution is 5.86. The number of nitrogens with zero attached hydrogens (tertiary/aromatic N) is 4. The number of rotatable bonds is 4. The van der Waals surface area contributed by atoms with Crippen molar-refractivity contribution in [3.05, 3.63) is 76.5 Å². The summed E-state index contributed by atoms with van der Waals surface area (Å²) < 4.78 is 1.86. The molecule has 5 heteroatoms. The Bertz CT molecular complexity index is 1090. The first kappa shape index (κ1) is 17.2. The van der Waals surface area contributed by atoms with Gasteiger partial charge in [-0.15, -0.1) is 5.10 Å². The van der Waals surface area contributed by atoms with Crippen LogP contribution in [0.2, 0.25) is 0 Å². The lowest BCUT2D eigenvalue weighted by molar-refractivity contribution is 0.806. The molecule has 0 spiro atoms. The van der Waals surface area contributed by atoms with E-state index in [0.717, 1.165) is 34.8 Å². The quantitative estimate of drug-likeness (QED) is 0.577. The highest BCUT2D eigenvalue weighted by Gasteiger charge is 2.16. The summed E-state index contributed by atoms with van der Waals surface area (Å²) in [4.78, 5) is 4.73. The molecule has 0 fully saturated rings. The summed E-state index contributed by atoms with van der Waals surface area (Å²) in [5.41, 5.74) is 9.30. The predicted molar refractivity (Wildman–Crippen MR) is 109 cm³/mol. The van der Waals surface area contributed by atoms with Gasteiger partial charge in [0.15, 0.2) is 11.2 Å². The molecule has 27 heavy (non-hydrogen) atoms. The Morgan fingerprint density at radius 3 is 2.33 bits per heavy atom. The Labute approximate surface area is 159 Å². The molecule has 0 radical (unpaired) electrons. The summed E-state index contributed by atoms with van der Waals surface area (Å²) in [5.74, 6) is 0. The maximum atomic E-state index is 4.73. The van der Waals surface area contributed by atoms with Crippen LogP contribution in [0, 0.1) is 27.7 Å². The molecule has 2 aromatic heterocycles. The molecule has 0 aliphatic heterocycles. The van der Waals surface area contributed by atoms with Gasteiger partial charge in [-0.2, -0.15) is 4.68 Å². The van der Waals surface area contributed by atoms with Crippen molar-refractivity contribution in [1.29, 1.82) is 0 Å². The van der Waals surface area contributed by atoms with Crippen LogP contribution in [0.3, 0.4) is 0 Å². The monoisotopic (exact) mass is 357 g/mol. The van der Waals surface area contributed by atoms with E-state index in [2.05, 4.69) is 60.7 Å². The Kier molecular flexibility index (Phi) is 4.36. The van der Waals surface area contributed by atoms with Crippen LogP contribution in [-0.2, 0) is 6.54 Å². The van der Waals surface area contributed by atoms with Gasteiger partial charge >= 0.3 is 0 Å². The van der Waals surface area contributed by atoms with E-state index in [4.69, 9.17) is 4.98 Å². The van der Waals surface area contributed by atoms with Crippen molar-refractivity contribution in [2.75, 3.05) is 5.32 Å². The van der Waals surface area contributed by atoms with E-state index in [1.807, 2.05) is 35.9 Å². The van der Waals surface area contributed by atoms with Gasteiger partial charge in [-0.1, -0.05) is 53.2 Å². The zero-order chi connectivity index (χ0) is 19.0. The van der Waals surface area contributed by atoms with Gasteiger partial charge in [0.1, 0.15) is 0 Å². The fourth-order valence-corrected chi connectivity index (χ4v) is 3.61. The van der Waals surface area contributed by atoms with Crippen LogP contribution in [0.4, 0.5) is 5.69 Å². The molecule has 4 aromatic rings. The molecule has 1 N–H and O–H groups in total. The lowest BCUT2D eigenvalue weighted by Gasteiger charge is -2.12. The number of aromatic nitrogens is 4. The molecule has 2 heterocycles. The van der Waals surface area contributed by atoms with Crippen LogP contribution in [-0.4, -0.2) is 20.0 Å². The maximum absolute atomic E-state index is 4.73. The molecule has 4 rings (SSSR count). The smallest absolute Gasteiger partial charge is 0.186 e. The van der Waals surface area contributed by atoms with Crippen molar-refractivity contribution < 1.29 is 0 Å². The van der Waals surface area contributed by atoms with Gasteiger partial charge in [-0.05, 0) is 50.5 Å². The number of hydrogen-bond donors (Lipinski definition) is 1. The first-order valence-corrected chi connectivity index (χ1v) is 9.12. The van der Waals surface area contributed by atoms with Gasteiger partial charge in [-0.3, -0.25) is 0 Å². The molecule has 0 atom stereocenters. The largest absolute Gasteiger partial charge is 0.379 e. The van der Waals surface area contributed by atoms with Gasteiger partial charge in [0.25, 0.3) is 0 Å². The first-order valence-electron chi connectivity index (χ1n) is 9.12. The molecule has 0 aliphatic carbocycles. The number of fused-ring (bicyclic) bond motifs is 1. The third kappa shape index (κ3) is 3.28. The molecule has 5 nitrogen and oxygen atoms in total. The zero-order valence-electron chi connectivity index (χ0n) is 16.1. The third-order valence-corrected chi connectivity index (χ3v) is 4.71. The van der Waals surface area contributed by atoms with Crippen LogP contribution in [0.15, 0.2) is 48.5 Å². The molecule has 0 amide bonds. The minimum Gasteiger partial charge on any atom is -0.379 e. The highest BCUT2D eigenvalue weighted by atomic mass is 15.4. The topological polar surface area (TPSA) is 55.6 Å². The number of anilines is 1. The average Bonchev–Trinajstić information content (AvgIpc) is 3.03. The number of pyridine rings is 1. The van der Waals surface area contributed by atoms with E-state index in [9.17, 15) is 0 Å². The zero-order valence-corrected chi connectivity index (χ0v) is 16.1. The Hall–Kier alpha value is -3.21. The molecule has 0 unspecified atom stereocenters. The molecule has 136 valence electrons. The lowest BCUT2D eigenvalue weighted by atomic mass is 10.1. The molecule has 2 aromatic carbocycles. The molecule has 0 aliphatic rings. The van der Waals surface area contributed by atoms with Crippen molar-refractivity contribution in [3.8, 4) is 5.69 Å². The van der Waals surface area contributed by atoms with Crippen molar-refractivity contribution in [2.45, 2.75) is 34.2 Å². The van der Waals surface area contributed by atoms with Crippen LogP contribution in [0.1, 0.15) is 27.9 Å². The predicted octanol–water partition coefficient (Wildman–Crippen LogP) is 4.66. The molecular weight excluding hydrogens is 334 g/mol. The van der Waals surface area contributed by atoms with E-state index >= 15 is 0 Å². The van der Waals surface area contributed by atoms with Crippen molar-refractivity contribution >= 4 is 16.9 Å². The summed E-state index contributed by atoms with van der Waals surface area (Å²) >= 11 is 0. The SMILES string of the molecule is Cc1cc(C)c(-n2nnc3c(NCc4ccccc4)cc(C)nc32)c(C)c1. The summed E-state index contributed by atoms with van der Waals surface area (Å²) in [6.45, 7) is 9.05. The Morgan fingerprint density at radius 1 is 0.926 bits per heavy atom. The minimum absolute atomic E-state index is 0.731. The molecule has 0 saturated heterocycles. The van der Waals surface area contributed by atoms with E-state index in [1.54, 1.807) is 0 Å². The van der Waals surface area contributed by atoms with Crippen molar-refractivity contribution in [1.82, 2.24) is 20.0 Å². The highest BCUT2D eigenvalue weighted by Crippen LogP contribution is 2.27. The summed E-state index contributed by atoms with van der Waals surface area (Å²) in [6.07, 6.45) is 0. The summed E-state index contributed by atoms with van der Waals surface area (Å²) in [7, 11) is 0. The first-order chi connectivity index (χ1) is 13.0. The second kappa shape index (κ2) is 6.83. The van der Waals surface area contributed by atoms with Crippen molar-refractivity contribution in [2.24, 2.45) is 0 Å². The summed E-state index contributed by atoms with van der Waals surface area (Å²) in [5, 5.41) is 12.4. The maximum Gasteiger partial charge on any atom is 0.186 e. The molecule has 0 bridgehead atoms. The van der Waals surface area contributed by atoms with E-state index in [1.165, 1.54) is 22.3 Å². The third-order valence-electron chi connectivity index (χ3n) is 4.71. The number of benzene rings is 2. The van der Waals surface area contributed by atoms with Gasteiger partial charge in [0.05, 0.1) is 11.4 Å². The van der Waals surface area contributed by atoms with Crippen LogP contribution >= 0.6 is 0 Å². The van der Waals surface area contributed by atoms with E-state index in [0.29, 0.717) is 0 Å². The van der Waals surface area contributed by atoms with E-state index in [-0.39, 0.29) is 0 Å². The Morgan fingerprint density at radius 2 is 1.63 bits per heavy atom. The standard InChI is InChI=1S/C22H23N5/c1-14-10-15(2)21(16(3)11-14)27-22-20(25-26-27)19(12-17(4)24-22)23-13-18-8-6-5-7-9-18/h5-12H,13H2,1-4H3,(H,23,24). The average molecular weight is 357 g/mol. The normalized spacial score (nSPS) is 11.1. The van der Waals surface area contributed by atoms with Gasteiger partial charge < -0.3 is 5.32 Å². The van der Waals surface area contributed by atoms with Crippen LogP contribution in [0.5, 0.6) is 0 Å². The van der Waals surface area contributed by atoms with Gasteiger partial charge in [-0.25, -0.2) is 4.98 Å². The fourth-order valence-electron chi connectivity index (χ4n) is 3.61. The molecule has 0 saturated carbocycles.